The molecule has 0 aliphatic carbocycles. The Kier molecular flexibility index (Phi) is 5.15. The summed E-state index contributed by atoms with van der Waals surface area (Å²) in [5.74, 6) is 4.69. The average Bonchev–Trinajstić information content (AvgIpc) is 3.13. The molecule has 1 aliphatic rings. The Bertz CT molecular complexity index is 903. The fourth-order valence-electron chi connectivity index (χ4n) is 2.45. The maximum atomic E-state index is 14.7. The third kappa shape index (κ3) is 3.82. The highest BCUT2D eigenvalue weighted by atomic mass is 19.1. The molecule has 3 N–H and O–H groups in total. The molecule has 0 saturated carbocycles. The molecule has 1 unspecified atom stereocenters. The molecular weight excluding hydrogens is 337 g/mol. The SMILES string of the molecule is NC(=O)N(O)CC#Cc1cccc(C2=NC(c3ccccc3)CO2)c1F. The lowest BCUT2D eigenvalue weighted by molar-refractivity contribution is -0.0269. The van der Waals surface area contributed by atoms with Gasteiger partial charge in [0, 0.05) is 0 Å². The Balaban J connectivity index is 1.82. The largest absolute Gasteiger partial charge is 0.475 e. The van der Waals surface area contributed by atoms with Crippen molar-refractivity contribution in [2.24, 2.45) is 10.7 Å². The summed E-state index contributed by atoms with van der Waals surface area (Å²) in [4.78, 5) is 15.2. The van der Waals surface area contributed by atoms with E-state index in [-0.39, 0.29) is 34.7 Å². The summed E-state index contributed by atoms with van der Waals surface area (Å²) in [5.41, 5.74) is 6.19. The number of rotatable bonds is 3. The van der Waals surface area contributed by atoms with Crippen molar-refractivity contribution in [1.82, 2.24) is 5.06 Å². The van der Waals surface area contributed by atoms with Crippen molar-refractivity contribution in [1.29, 1.82) is 0 Å². The van der Waals surface area contributed by atoms with Crippen molar-refractivity contribution in [3.05, 3.63) is 71.0 Å². The van der Waals surface area contributed by atoms with Gasteiger partial charge in [-0.2, -0.15) is 5.06 Å². The fraction of sp³-hybridized carbons (Fsp3) is 0.158. The van der Waals surface area contributed by atoms with Crippen molar-refractivity contribution in [2.75, 3.05) is 13.2 Å². The zero-order valence-electron chi connectivity index (χ0n) is 13.7. The third-order valence-electron chi connectivity index (χ3n) is 3.77. The number of benzene rings is 2. The average molecular weight is 353 g/mol. The van der Waals surface area contributed by atoms with Gasteiger partial charge in [-0.1, -0.05) is 48.2 Å². The van der Waals surface area contributed by atoms with Gasteiger partial charge in [0.05, 0.1) is 11.1 Å². The van der Waals surface area contributed by atoms with E-state index in [0.717, 1.165) is 5.56 Å². The van der Waals surface area contributed by atoms with E-state index in [1.807, 2.05) is 30.3 Å². The molecule has 0 bridgehead atoms. The van der Waals surface area contributed by atoms with Crippen LogP contribution >= 0.6 is 0 Å². The molecule has 7 heteroatoms. The lowest BCUT2D eigenvalue weighted by Crippen LogP contribution is -2.32. The molecule has 2 amide bonds. The van der Waals surface area contributed by atoms with E-state index in [1.165, 1.54) is 6.07 Å². The van der Waals surface area contributed by atoms with Gasteiger partial charge >= 0.3 is 6.03 Å². The summed E-state index contributed by atoms with van der Waals surface area (Å²) in [7, 11) is 0. The maximum Gasteiger partial charge on any atom is 0.339 e. The van der Waals surface area contributed by atoms with E-state index >= 15 is 0 Å². The quantitative estimate of drug-likeness (QED) is 0.505. The molecule has 1 heterocycles. The van der Waals surface area contributed by atoms with Gasteiger partial charge in [0.1, 0.15) is 19.2 Å². The van der Waals surface area contributed by atoms with Gasteiger partial charge in [0.25, 0.3) is 0 Å². The van der Waals surface area contributed by atoms with E-state index in [0.29, 0.717) is 6.61 Å². The zero-order valence-corrected chi connectivity index (χ0v) is 13.7. The number of hydrogen-bond acceptors (Lipinski definition) is 4. The first-order valence-electron chi connectivity index (χ1n) is 7.85. The first kappa shape index (κ1) is 17.5. The first-order valence-corrected chi connectivity index (χ1v) is 7.85. The number of nitrogens with two attached hydrogens (primary N) is 1. The Labute approximate surface area is 149 Å². The molecule has 26 heavy (non-hydrogen) atoms. The molecule has 1 aliphatic heterocycles. The van der Waals surface area contributed by atoms with Crippen molar-refractivity contribution in [3.63, 3.8) is 0 Å². The second-order valence-corrected chi connectivity index (χ2v) is 5.54. The topological polar surface area (TPSA) is 88.2 Å². The number of carbonyl (C=O) groups excluding carboxylic acids is 1. The number of hydrogen-bond donors (Lipinski definition) is 2. The molecule has 0 spiro atoms. The molecule has 3 rings (SSSR count). The summed E-state index contributed by atoms with van der Waals surface area (Å²) in [6, 6.07) is 13.1. The van der Waals surface area contributed by atoms with Gasteiger partial charge in [-0.15, -0.1) is 0 Å². The number of urea groups is 1. The van der Waals surface area contributed by atoms with E-state index < -0.39 is 11.8 Å². The first-order chi connectivity index (χ1) is 12.6. The van der Waals surface area contributed by atoms with E-state index in [4.69, 9.17) is 15.7 Å². The van der Waals surface area contributed by atoms with Crippen LogP contribution in [0, 0.1) is 17.7 Å². The number of nitrogens with zero attached hydrogens (tertiary/aromatic N) is 2. The molecule has 2 aromatic carbocycles. The van der Waals surface area contributed by atoms with Crippen LogP contribution in [0.1, 0.15) is 22.7 Å². The summed E-state index contributed by atoms with van der Waals surface area (Å²) in [6.45, 7) is 0.0132. The minimum Gasteiger partial charge on any atom is -0.475 e. The lowest BCUT2D eigenvalue weighted by Gasteiger charge is -2.06. The van der Waals surface area contributed by atoms with Gasteiger partial charge in [0.2, 0.25) is 5.90 Å². The number of ether oxygens (including phenoxy) is 1. The second-order valence-electron chi connectivity index (χ2n) is 5.54. The predicted molar refractivity (Wildman–Crippen MR) is 93.0 cm³/mol. The van der Waals surface area contributed by atoms with Crippen LogP contribution in [-0.2, 0) is 4.74 Å². The minimum absolute atomic E-state index is 0.106. The van der Waals surface area contributed by atoms with E-state index in [9.17, 15) is 9.18 Å². The molecular formula is C19H16FN3O3. The van der Waals surface area contributed by atoms with Crippen LogP contribution in [-0.4, -0.2) is 35.4 Å². The van der Waals surface area contributed by atoms with Crippen LogP contribution in [0.3, 0.4) is 0 Å². The number of hydroxylamine groups is 2. The zero-order chi connectivity index (χ0) is 18.5. The molecule has 1 atom stereocenters. The summed E-state index contributed by atoms with van der Waals surface area (Å²) >= 11 is 0. The normalized spacial score (nSPS) is 15.5. The standard InChI is InChI=1S/C19H16FN3O3/c20-17-14(9-5-11-23(25)19(21)24)8-4-10-15(17)18-22-16(12-26-18)13-6-2-1-3-7-13/h1-4,6-8,10,16,25H,11-12H2,(H2,21,24). The van der Waals surface area contributed by atoms with Gasteiger partial charge < -0.3 is 10.5 Å². The highest BCUT2D eigenvalue weighted by molar-refractivity contribution is 5.95. The number of aliphatic imine (C=N–C) groups is 1. The summed E-state index contributed by atoms with van der Waals surface area (Å²) in [6.07, 6.45) is 0. The van der Waals surface area contributed by atoms with Gasteiger partial charge in [-0.3, -0.25) is 5.21 Å². The van der Waals surface area contributed by atoms with Crippen LogP contribution in [0.15, 0.2) is 53.5 Å². The predicted octanol–water partition coefficient (Wildman–Crippen LogP) is 2.47. The van der Waals surface area contributed by atoms with Crippen molar-refractivity contribution < 1.29 is 19.1 Å². The molecule has 6 nitrogen and oxygen atoms in total. The van der Waals surface area contributed by atoms with Gasteiger partial charge in [0.15, 0.2) is 5.82 Å². The fourth-order valence-corrected chi connectivity index (χ4v) is 2.45. The monoisotopic (exact) mass is 353 g/mol. The molecule has 0 fully saturated rings. The molecule has 0 radical (unpaired) electrons. The molecule has 2 aromatic rings. The molecule has 132 valence electrons. The van der Waals surface area contributed by atoms with Crippen molar-refractivity contribution >= 4 is 11.9 Å². The minimum atomic E-state index is -1.03. The number of primary amides is 1. The number of halogens is 1. The van der Waals surface area contributed by atoms with Crippen molar-refractivity contribution in [2.45, 2.75) is 6.04 Å². The summed E-state index contributed by atoms with van der Waals surface area (Å²) < 4.78 is 20.3. The smallest absolute Gasteiger partial charge is 0.339 e. The Morgan fingerprint density at radius 1 is 1.31 bits per heavy atom. The van der Waals surface area contributed by atoms with Crippen LogP contribution in [0.4, 0.5) is 9.18 Å². The van der Waals surface area contributed by atoms with Crippen molar-refractivity contribution in [3.8, 4) is 11.8 Å². The van der Waals surface area contributed by atoms with Crippen LogP contribution in [0.25, 0.3) is 0 Å². The summed E-state index contributed by atoms with van der Waals surface area (Å²) in [5, 5.41) is 9.40. The Morgan fingerprint density at radius 3 is 2.81 bits per heavy atom. The van der Waals surface area contributed by atoms with E-state index in [2.05, 4.69) is 16.8 Å². The van der Waals surface area contributed by atoms with Crippen LogP contribution in [0.5, 0.6) is 0 Å². The van der Waals surface area contributed by atoms with Crippen LogP contribution in [0.2, 0.25) is 0 Å². The molecule has 0 aromatic heterocycles. The van der Waals surface area contributed by atoms with Gasteiger partial charge in [-0.05, 0) is 17.7 Å². The number of amides is 2. The van der Waals surface area contributed by atoms with Crippen LogP contribution < -0.4 is 5.73 Å². The number of carbonyl (C=O) groups is 1. The van der Waals surface area contributed by atoms with E-state index in [1.54, 1.807) is 12.1 Å². The van der Waals surface area contributed by atoms with Gasteiger partial charge in [-0.25, -0.2) is 14.2 Å². The second kappa shape index (κ2) is 7.68. The highest BCUT2D eigenvalue weighted by Crippen LogP contribution is 2.26. The Hall–Kier alpha value is -3.37. The lowest BCUT2D eigenvalue weighted by atomic mass is 10.1. The third-order valence-corrected chi connectivity index (χ3v) is 3.77. The maximum absolute atomic E-state index is 14.7. The highest BCUT2D eigenvalue weighted by Gasteiger charge is 2.24. The molecule has 0 saturated heterocycles. The Morgan fingerprint density at radius 2 is 2.08 bits per heavy atom.